The maximum atomic E-state index is 11.8. The van der Waals surface area contributed by atoms with Crippen LogP contribution in [0.3, 0.4) is 0 Å². The number of aliphatic hydroxyl groups excluding tert-OH is 1. The van der Waals surface area contributed by atoms with Gasteiger partial charge in [-0.15, -0.1) is 11.6 Å². The van der Waals surface area contributed by atoms with Crippen molar-refractivity contribution in [1.29, 1.82) is 0 Å². The summed E-state index contributed by atoms with van der Waals surface area (Å²) in [6.07, 6.45) is 0.0222. The Bertz CT molecular complexity index is 443. The summed E-state index contributed by atoms with van der Waals surface area (Å²) in [4.78, 5) is 23.2. The van der Waals surface area contributed by atoms with Gasteiger partial charge in [0.15, 0.2) is 5.78 Å². The Kier molecular flexibility index (Phi) is 5.82. The molecule has 0 aliphatic rings. The van der Waals surface area contributed by atoms with Crippen LogP contribution in [-0.4, -0.2) is 29.3 Å². The van der Waals surface area contributed by atoms with Crippen molar-refractivity contribution in [2.24, 2.45) is 0 Å². The van der Waals surface area contributed by atoms with Crippen LogP contribution < -0.4 is 0 Å². The molecule has 4 nitrogen and oxygen atoms in total. The van der Waals surface area contributed by atoms with Crippen LogP contribution in [0.2, 0.25) is 0 Å². The van der Waals surface area contributed by atoms with Crippen LogP contribution in [0.5, 0.6) is 0 Å². The van der Waals surface area contributed by atoms with Gasteiger partial charge in [-0.25, -0.2) is 4.79 Å². The Morgan fingerprint density at radius 3 is 2.67 bits per heavy atom. The molecule has 0 spiro atoms. The molecule has 0 saturated carbocycles. The Labute approximate surface area is 111 Å². The largest absolute Gasteiger partial charge is 0.462 e. The molecule has 0 aliphatic heterocycles. The third-order valence-electron chi connectivity index (χ3n) is 2.46. The quantitative estimate of drug-likeness (QED) is 0.631. The summed E-state index contributed by atoms with van der Waals surface area (Å²) in [5, 5.41) is 9.24. The van der Waals surface area contributed by atoms with Gasteiger partial charge in [0.25, 0.3) is 0 Å². The lowest BCUT2D eigenvalue weighted by Gasteiger charge is -2.11. The van der Waals surface area contributed by atoms with Crippen molar-refractivity contribution in [3.8, 4) is 0 Å². The summed E-state index contributed by atoms with van der Waals surface area (Å²) in [6.45, 7) is 1.72. The first-order valence-electron chi connectivity index (χ1n) is 5.60. The first kappa shape index (κ1) is 14.7. The van der Waals surface area contributed by atoms with E-state index in [2.05, 4.69) is 0 Å². The summed E-state index contributed by atoms with van der Waals surface area (Å²) in [5.74, 6) is -0.824. The number of carbonyl (C=O) groups is 2. The molecule has 1 aromatic rings. The lowest BCUT2D eigenvalue weighted by atomic mass is 9.97. The Morgan fingerprint density at radius 2 is 2.11 bits per heavy atom. The number of hydrogen-bond donors (Lipinski definition) is 1. The maximum Gasteiger partial charge on any atom is 0.338 e. The van der Waals surface area contributed by atoms with Gasteiger partial charge in [-0.3, -0.25) is 4.79 Å². The lowest BCUT2D eigenvalue weighted by Crippen LogP contribution is -2.14. The first-order valence-corrected chi connectivity index (χ1v) is 6.13. The molecule has 0 atom stereocenters. The van der Waals surface area contributed by atoms with Gasteiger partial charge >= 0.3 is 5.97 Å². The lowest BCUT2D eigenvalue weighted by molar-refractivity contribution is -0.116. The third-order valence-corrected chi connectivity index (χ3v) is 2.76. The number of ether oxygens (including phenoxy) is 1. The van der Waals surface area contributed by atoms with Crippen LogP contribution in [0.15, 0.2) is 18.2 Å². The molecule has 0 heterocycles. The number of esters is 1. The second-order valence-electron chi connectivity index (χ2n) is 3.67. The molecule has 0 fully saturated rings. The fourth-order valence-electron chi connectivity index (χ4n) is 1.64. The number of aliphatic hydroxyl groups is 1. The van der Waals surface area contributed by atoms with E-state index >= 15 is 0 Å². The molecule has 98 valence electrons. The highest BCUT2D eigenvalue weighted by molar-refractivity contribution is 6.27. The van der Waals surface area contributed by atoms with Crippen molar-refractivity contribution in [1.82, 2.24) is 0 Å². The van der Waals surface area contributed by atoms with Crippen LogP contribution in [-0.2, 0) is 22.6 Å². The molecule has 1 aromatic carbocycles. The molecule has 18 heavy (non-hydrogen) atoms. The molecule has 0 unspecified atom stereocenters. The SMILES string of the molecule is CCOC(=O)c1cccc(CO)c1CC(=O)CCl. The summed E-state index contributed by atoms with van der Waals surface area (Å²) < 4.78 is 4.92. The molecular weight excluding hydrogens is 256 g/mol. The van der Waals surface area contributed by atoms with Gasteiger partial charge in [-0.2, -0.15) is 0 Å². The maximum absolute atomic E-state index is 11.8. The molecule has 1 N–H and O–H groups in total. The number of rotatable bonds is 6. The normalized spacial score (nSPS) is 10.2. The Balaban J connectivity index is 3.15. The van der Waals surface area contributed by atoms with Crippen LogP contribution in [0, 0.1) is 0 Å². The van der Waals surface area contributed by atoms with Gasteiger partial charge in [-0.1, -0.05) is 12.1 Å². The molecule has 0 aliphatic carbocycles. The highest BCUT2D eigenvalue weighted by Gasteiger charge is 2.17. The molecule has 0 aromatic heterocycles. The van der Waals surface area contributed by atoms with Gasteiger partial charge < -0.3 is 9.84 Å². The molecule has 5 heteroatoms. The monoisotopic (exact) mass is 270 g/mol. The van der Waals surface area contributed by atoms with E-state index in [-0.39, 0.29) is 31.3 Å². The minimum atomic E-state index is -0.495. The van der Waals surface area contributed by atoms with E-state index in [4.69, 9.17) is 16.3 Å². The van der Waals surface area contributed by atoms with Crippen molar-refractivity contribution in [2.45, 2.75) is 20.0 Å². The molecule has 0 saturated heterocycles. The van der Waals surface area contributed by atoms with Gasteiger partial charge in [0.05, 0.1) is 24.7 Å². The average Bonchev–Trinajstić information content (AvgIpc) is 2.38. The minimum Gasteiger partial charge on any atom is -0.462 e. The van der Waals surface area contributed by atoms with Gasteiger partial charge in [0.2, 0.25) is 0 Å². The van der Waals surface area contributed by atoms with Crippen molar-refractivity contribution >= 4 is 23.4 Å². The fraction of sp³-hybridized carbons (Fsp3) is 0.385. The van der Waals surface area contributed by atoms with Gasteiger partial charge in [-0.05, 0) is 24.1 Å². The van der Waals surface area contributed by atoms with E-state index < -0.39 is 5.97 Å². The number of benzene rings is 1. The van der Waals surface area contributed by atoms with Gasteiger partial charge in [0.1, 0.15) is 0 Å². The predicted molar refractivity (Wildman–Crippen MR) is 67.8 cm³/mol. The first-order chi connectivity index (χ1) is 8.63. The number of alkyl halides is 1. The minimum absolute atomic E-state index is 0.0222. The number of carbonyl (C=O) groups excluding carboxylic acids is 2. The van der Waals surface area contributed by atoms with Crippen LogP contribution in [0.25, 0.3) is 0 Å². The second kappa shape index (κ2) is 7.13. The van der Waals surface area contributed by atoms with E-state index in [1.54, 1.807) is 25.1 Å². The molecule has 0 bridgehead atoms. The fourth-order valence-corrected chi connectivity index (χ4v) is 1.73. The summed E-state index contributed by atoms with van der Waals surface area (Å²) >= 11 is 5.46. The zero-order valence-electron chi connectivity index (χ0n) is 10.1. The number of Topliss-reactive ketones (excluding diaryl/α,β-unsaturated/α-hetero) is 1. The standard InChI is InChI=1S/C13H15ClO4/c1-2-18-13(17)11-5-3-4-9(8-15)12(11)6-10(16)7-14/h3-5,15H,2,6-8H2,1H3. The highest BCUT2D eigenvalue weighted by atomic mass is 35.5. The van der Waals surface area contributed by atoms with Crippen LogP contribution >= 0.6 is 11.6 Å². The summed E-state index contributed by atoms with van der Waals surface area (Å²) in [5.41, 5.74) is 1.34. The van der Waals surface area contributed by atoms with Crippen LogP contribution in [0.1, 0.15) is 28.4 Å². The molecule has 0 amide bonds. The number of ketones is 1. The zero-order valence-corrected chi connectivity index (χ0v) is 10.9. The molecular formula is C13H15ClO4. The van der Waals surface area contributed by atoms with Crippen LogP contribution in [0.4, 0.5) is 0 Å². The highest BCUT2D eigenvalue weighted by Crippen LogP contribution is 2.18. The van der Waals surface area contributed by atoms with E-state index in [0.29, 0.717) is 16.7 Å². The van der Waals surface area contributed by atoms with E-state index in [1.165, 1.54) is 0 Å². The average molecular weight is 271 g/mol. The van der Waals surface area contributed by atoms with E-state index in [9.17, 15) is 14.7 Å². The molecule has 0 radical (unpaired) electrons. The zero-order chi connectivity index (χ0) is 13.5. The smallest absolute Gasteiger partial charge is 0.338 e. The van der Waals surface area contributed by atoms with Gasteiger partial charge in [0, 0.05) is 6.42 Å². The van der Waals surface area contributed by atoms with E-state index in [1.807, 2.05) is 0 Å². The Morgan fingerprint density at radius 1 is 1.39 bits per heavy atom. The van der Waals surface area contributed by atoms with E-state index in [0.717, 1.165) is 0 Å². The summed E-state index contributed by atoms with van der Waals surface area (Å²) in [7, 11) is 0. The number of hydrogen-bond acceptors (Lipinski definition) is 4. The van der Waals surface area contributed by atoms with Crippen molar-refractivity contribution in [3.05, 3.63) is 34.9 Å². The predicted octanol–water partition coefficient (Wildman–Crippen LogP) is 1.71. The molecule has 1 rings (SSSR count). The second-order valence-corrected chi connectivity index (χ2v) is 3.94. The number of halogens is 1. The summed E-state index contributed by atoms with van der Waals surface area (Å²) in [6, 6.07) is 4.89. The van der Waals surface area contributed by atoms with Crippen molar-refractivity contribution in [2.75, 3.05) is 12.5 Å². The third kappa shape index (κ3) is 3.55. The van der Waals surface area contributed by atoms with Crippen molar-refractivity contribution in [3.63, 3.8) is 0 Å². The van der Waals surface area contributed by atoms with Crippen molar-refractivity contribution < 1.29 is 19.4 Å². The Hall–Kier alpha value is -1.39. The topological polar surface area (TPSA) is 63.6 Å².